The Morgan fingerprint density at radius 1 is 1.50 bits per heavy atom. The van der Waals surface area contributed by atoms with Gasteiger partial charge >= 0.3 is 0 Å². The topological polar surface area (TPSA) is 85.2 Å². The van der Waals surface area contributed by atoms with E-state index in [1.54, 1.807) is 0 Å². The molecule has 0 aliphatic carbocycles. The standard InChI is InChI=1S/C8H11F2N3O/c9-7(10)5-1-4(3-14)13-8(12)6(5)2-11/h1,7,14H,2-3,11H2,(H2,12,13). The van der Waals surface area contributed by atoms with Gasteiger partial charge in [-0.1, -0.05) is 0 Å². The van der Waals surface area contributed by atoms with Crippen molar-refractivity contribution in [1.82, 2.24) is 4.98 Å². The van der Waals surface area contributed by atoms with Crippen LogP contribution in [0.4, 0.5) is 14.6 Å². The highest BCUT2D eigenvalue weighted by Gasteiger charge is 2.16. The Balaban J connectivity index is 3.28. The Morgan fingerprint density at radius 3 is 2.57 bits per heavy atom. The lowest BCUT2D eigenvalue weighted by Gasteiger charge is -2.10. The van der Waals surface area contributed by atoms with Crippen molar-refractivity contribution in [3.8, 4) is 0 Å². The monoisotopic (exact) mass is 203 g/mol. The zero-order valence-corrected chi connectivity index (χ0v) is 7.37. The summed E-state index contributed by atoms with van der Waals surface area (Å²) < 4.78 is 25.0. The highest BCUT2D eigenvalue weighted by atomic mass is 19.3. The first kappa shape index (κ1) is 10.8. The minimum atomic E-state index is -2.66. The first-order chi connectivity index (χ1) is 6.60. The lowest BCUT2D eigenvalue weighted by molar-refractivity contribution is 0.150. The van der Waals surface area contributed by atoms with Crippen LogP contribution >= 0.6 is 0 Å². The van der Waals surface area contributed by atoms with Crippen LogP contribution in [-0.4, -0.2) is 10.1 Å². The quantitative estimate of drug-likeness (QED) is 0.669. The molecular weight excluding hydrogens is 192 g/mol. The third-order valence-electron chi connectivity index (χ3n) is 1.85. The number of hydrogen-bond donors (Lipinski definition) is 3. The number of nitrogen functional groups attached to an aromatic ring is 1. The Hall–Kier alpha value is -1.27. The van der Waals surface area contributed by atoms with Crippen LogP contribution in [0.25, 0.3) is 0 Å². The smallest absolute Gasteiger partial charge is 0.264 e. The molecule has 1 heterocycles. The molecule has 0 saturated carbocycles. The molecule has 4 nitrogen and oxygen atoms in total. The maximum absolute atomic E-state index is 12.5. The fraction of sp³-hybridized carbons (Fsp3) is 0.375. The second-order valence-corrected chi connectivity index (χ2v) is 2.73. The van der Waals surface area contributed by atoms with Gasteiger partial charge in [0.15, 0.2) is 0 Å². The highest BCUT2D eigenvalue weighted by molar-refractivity contribution is 5.46. The van der Waals surface area contributed by atoms with Crippen LogP contribution in [-0.2, 0) is 13.2 Å². The zero-order chi connectivity index (χ0) is 10.7. The Morgan fingerprint density at radius 2 is 2.14 bits per heavy atom. The molecule has 0 atom stereocenters. The summed E-state index contributed by atoms with van der Waals surface area (Å²) in [5.41, 5.74) is 10.7. The van der Waals surface area contributed by atoms with Gasteiger partial charge in [0.05, 0.1) is 12.3 Å². The fourth-order valence-corrected chi connectivity index (χ4v) is 1.17. The molecule has 5 N–H and O–H groups in total. The number of pyridine rings is 1. The van der Waals surface area contributed by atoms with Gasteiger partial charge in [-0.2, -0.15) is 0 Å². The van der Waals surface area contributed by atoms with E-state index in [1.807, 2.05) is 0 Å². The summed E-state index contributed by atoms with van der Waals surface area (Å²) in [6, 6.07) is 1.11. The highest BCUT2D eigenvalue weighted by Crippen LogP contribution is 2.26. The first-order valence-corrected chi connectivity index (χ1v) is 3.97. The number of aliphatic hydroxyl groups is 1. The number of alkyl halides is 2. The van der Waals surface area contributed by atoms with Gasteiger partial charge in [0, 0.05) is 17.7 Å². The molecule has 0 aliphatic heterocycles. The van der Waals surface area contributed by atoms with E-state index in [2.05, 4.69) is 4.98 Å². The molecule has 14 heavy (non-hydrogen) atoms. The summed E-state index contributed by atoms with van der Waals surface area (Å²) in [4.78, 5) is 3.72. The lowest BCUT2D eigenvalue weighted by Crippen LogP contribution is -2.10. The van der Waals surface area contributed by atoms with Gasteiger partial charge in [-0.25, -0.2) is 13.8 Å². The first-order valence-electron chi connectivity index (χ1n) is 3.97. The van der Waals surface area contributed by atoms with Crippen molar-refractivity contribution >= 4 is 5.82 Å². The maximum atomic E-state index is 12.5. The summed E-state index contributed by atoms with van der Waals surface area (Å²) in [7, 11) is 0. The summed E-state index contributed by atoms with van der Waals surface area (Å²) in [5.74, 6) is -0.0469. The number of aromatic nitrogens is 1. The summed E-state index contributed by atoms with van der Waals surface area (Å²) in [5, 5.41) is 8.74. The molecule has 0 unspecified atom stereocenters. The van der Waals surface area contributed by atoms with Crippen LogP contribution in [0, 0.1) is 0 Å². The number of nitrogens with two attached hydrogens (primary N) is 2. The molecule has 0 saturated heterocycles. The largest absolute Gasteiger partial charge is 0.390 e. The van der Waals surface area contributed by atoms with Crippen LogP contribution in [0.1, 0.15) is 23.2 Å². The van der Waals surface area contributed by atoms with Crippen molar-refractivity contribution in [3.05, 3.63) is 22.9 Å². The van der Waals surface area contributed by atoms with E-state index in [0.717, 1.165) is 6.07 Å². The van der Waals surface area contributed by atoms with Gasteiger partial charge in [0.2, 0.25) is 0 Å². The summed E-state index contributed by atoms with van der Waals surface area (Å²) >= 11 is 0. The average molecular weight is 203 g/mol. The molecule has 1 rings (SSSR count). The molecule has 0 bridgehead atoms. The van der Waals surface area contributed by atoms with Crippen LogP contribution in [0.5, 0.6) is 0 Å². The van der Waals surface area contributed by atoms with E-state index >= 15 is 0 Å². The van der Waals surface area contributed by atoms with E-state index in [9.17, 15) is 8.78 Å². The number of nitrogens with zero attached hydrogens (tertiary/aromatic N) is 1. The third kappa shape index (κ3) is 1.97. The molecule has 0 radical (unpaired) electrons. The fourth-order valence-electron chi connectivity index (χ4n) is 1.17. The zero-order valence-electron chi connectivity index (χ0n) is 7.37. The molecular formula is C8H11F2N3O. The minimum Gasteiger partial charge on any atom is -0.390 e. The molecule has 1 aromatic heterocycles. The van der Waals surface area contributed by atoms with Gasteiger partial charge in [0.25, 0.3) is 6.43 Å². The normalized spacial score (nSPS) is 10.9. The maximum Gasteiger partial charge on any atom is 0.264 e. The predicted molar refractivity (Wildman–Crippen MR) is 47.4 cm³/mol. The van der Waals surface area contributed by atoms with Gasteiger partial charge in [-0.05, 0) is 6.07 Å². The minimum absolute atomic E-state index is 0.0469. The van der Waals surface area contributed by atoms with E-state index in [1.165, 1.54) is 0 Å². The Labute approximate surface area is 79.6 Å². The van der Waals surface area contributed by atoms with E-state index in [4.69, 9.17) is 16.6 Å². The molecule has 0 fully saturated rings. The van der Waals surface area contributed by atoms with Crippen LogP contribution in [0.15, 0.2) is 6.07 Å². The van der Waals surface area contributed by atoms with Gasteiger partial charge < -0.3 is 16.6 Å². The predicted octanol–water partition coefficient (Wildman–Crippen LogP) is 0.552. The molecule has 1 aromatic rings. The Kier molecular flexibility index (Phi) is 3.32. The van der Waals surface area contributed by atoms with Crippen molar-refractivity contribution in [2.45, 2.75) is 19.6 Å². The van der Waals surface area contributed by atoms with Crippen LogP contribution in [0.2, 0.25) is 0 Å². The second-order valence-electron chi connectivity index (χ2n) is 2.73. The number of hydrogen-bond acceptors (Lipinski definition) is 4. The van der Waals surface area contributed by atoms with Crippen LogP contribution in [0.3, 0.4) is 0 Å². The summed E-state index contributed by atoms with van der Waals surface area (Å²) in [6.45, 7) is -0.515. The van der Waals surface area contributed by atoms with Gasteiger partial charge in [-0.15, -0.1) is 0 Å². The van der Waals surface area contributed by atoms with E-state index in [-0.39, 0.29) is 29.2 Å². The van der Waals surface area contributed by atoms with Crippen molar-refractivity contribution in [2.24, 2.45) is 5.73 Å². The number of rotatable bonds is 3. The van der Waals surface area contributed by atoms with Crippen molar-refractivity contribution in [2.75, 3.05) is 5.73 Å². The second kappa shape index (κ2) is 4.30. The van der Waals surface area contributed by atoms with E-state index in [0.29, 0.717) is 0 Å². The SMILES string of the molecule is NCc1c(C(F)F)cc(CO)nc1N. The molecule has 78 valence electrons. The van der Waals surface area contributed by atoms with Crippen molar-refractivity contribution < 1.29 is 13.9 Å². The third-order valence-corrected chi connectivity index (χ3v) is 1.85. The van der Waals surface area contributed by atoms with Crippen LogP contribution < -0.4 is 11.5 Å². The van der Waals surface area contributed by atoms with Crippen molar-refractivity contribution in [3.63, 3.8) is 0 Å². The van der Waals surface area contributed by atoms with E-state index < -0.39 is 13.0 Å². The number of halogens is 2. The molecule has 0 spiro atoms. The molecule has 0 aromatic carbocycles. The lowest BCUT2D eigenvalue weighted by atomic mass is 10.1. The van der Waals surface area contributed by atoms with Gasteiger partial charge in [-0.3, -0.25) is 0 Å². The summed E-state index contributed by atoms with van der Waals surface area (Å²) in [6.07, 6.45) is -2.66. The van der Waals surface area contributed by atoms with Crippen molar-refractivity contribution in [1.29, 1.82) is 0 Å². The van der Waals surface area contributed by atoms with Gasteiger partial charge in [0.1, 0.15) is 5.82 Å². The number of anilines is 1. The number of aliphatic hydroxyl groups excluding tert-OH is 1. The molecule has 6 heteroatoms. The Bertz CT molecular complexity index is 331. The molecule has 0 amide bonds. The average Bonchev–Trinajstić information content (AvgIpc) is 2.16. The molecule has 0 aliphatic rings.